The summed E-state index contributed by atoms with van der Waals surface area (Å²) < 4.78 is 7.08. The van der Waals surface area contributed by atoms with E-state index in [2.05, 4.69) is 27.4 Å². The second-order valence-electron chi connectivity index (χ2n) is 8.28. The summed E-state index contributed by atoms with van der Waals surface area (Å²) in [6, 6.07) is 13.6. The second kappa shape index (κ2) is 13.2. The monoisotopic (exact) mass is 554 g/mol. The van der Waals surface area contributed by atoms with Crippen molar-refractivity contribution in [2.45, 2.75) is 18.2 Å². The van der Waals surface area contributed by atoms with Gasteiger partial charge in [-0.05, 0) is 30.3 Å². The number of halogens is 1. The Kier molecular flexibility index (Phi) is 9.52. The molecule has 1 fully saturated rings. The summed E-state index contributed by atoms with van der Waals surface area (Å²) in [6.45, 7) is 6.43. The van der Waals surface area contributed by atoms with Gasteiger partial charge in [0.1, 0.15) is 0 Å². The summed E-state index contributed by atoms with van der Waals surface area (Å²) in [5.74, 6) is -0.0875. The molecule has 0 unspecified atom stereocenters. The molecule has 0 saturated carbocycles. The molecule has 12 heteroatoms. The van der Waals surface area contributed by atoms with E-state index in [9.17, 15) is 14.4 Å². The van der Waals surface area contributed by atoms with Gasteiger partial charge in [-0.15, -0.1) is 16.8 Å². The first kappa shape index (κ1) is 27.4. The predicted octanol–water partition coefficient (Wildman–Crippen LogP) is 3.25. The number of aromatic nitrogens is 3. The van der Waals surface area contributed by atoms with Gasteiger partial charge in [-0.2, -0.15) is 0 Å². The van der Waals surface area contributed by atoms with Crippen molar-refractivity contribution < 1.29 is 19.1 Å². The molecule has 0 aliphatic carbocycles. The molecule has 38 heavy (non-hydrogen) atoms. The van der Waals surface area contributed by atoms with Gasteiger partial charge >= 0.3 is 0 Å². The minimum absolute atomic E-state index is 0.0723. The molecular formula is C26H27ClN6O4S. The fraction of sp³-hybridized carbons (Fsp3) is 0.269. The molecule has 2 aromatic carbocycles. The van der Waals surface area contributed by atoms with Crippen molar-refractivity contribution in [2.24, 2.45) is 0 Å². The van der Waals surface area contributed by atoms with E-state index in [0.29, 0.717) is 65.7 Å². The van der Waals surface area contributed by atoms with Gasteiger partial charge in [-0.3, -0.25) is 14.4 Å². The Morgan fingerprint density at radius 2 is 1.89 bits per heavy atom. The van der Waals surface area contributed by atoms with Gasteiger partial charge in [0.05, 0.1) is 36.1 Å². The molecule has 1 aliphatic rings. The first-order valence-electron chi connectivity index (χ1n) is 11.9. The molecule has 0 spiro atoms. The van der Waals surface area contributed by atoms with Crippen molar-refractivity contribution in [1.82, 2.24) is 25.0 Å². The molecule has 0 radical (unpaired) electrons. The number of hydrogen-bond donors (Lipinski definition) is 2. The maximum Gasteiger partial charge on any atom is 0.254 e. The summed E-state index contributed by atoms with van der Waals surface area (Å²) in [6.07, 6.45) is 1.68. The highest BCUT2D eigenvalue weighted by atomic mass is 35.5. The third-order valence-electron chi connectivity index (χ3n) is 5.65. The van der Waals surface area contributed by atoms with Gasteiger partial charge in [-0.1, -0.05) is 47.6 Å². The molecular weight excluding hydrogens is 528 g/mol. The summed E-state index contributed by atoms with van der Waals surface area (Å²) in [5, 5.41) is 14.9. The molecule has 1 aromatic heterocycles. The van der Waals surface area contributed by atoms with E-state index in [0.717, 1.165) is 0 Å². The van der Waals surface area contributed by atoms with Crippen LogP contribution in [0.25, 0.3) is 0 Å². The van der Waals surface area contributed by atoms with Gasteiger partial charge < -0.3 is 24.8 Å². The number of rotatable bonds is 10. The Bertz CT molecular complexity index is 1320. The highest BCUT2D eigenvalue weighted by Gasteiger charge is 2.19. The van der Waals surface area contributed by atoms with Crippen molar-refractivity contribution in [3.63, 3.8) is 0 Å². The average molecular weight is 555 g/mol. The third-order valence-corrected chi connectivity index (χ3v) is 6.95. The molecule has 3 aromatic rings. The van der Waals surface area contributed by atoms with Crippen LogP contribution in [0.4, 0.5) is 5.69 Å². The quantitative estimate of drug-likeness (QED) is 0.292. The lowest BCUT2D eigenvalue weighted by Gasteiger charge is -2.27. The summed E-state index contributed by atoms with van der Waals surface area (Å²) >= 11 is 7.31. The second-order valence-corrected chi connectivity index (χ2v) is 9.63. The van der Waals surface area contributed by atoms with Crippen LogP contribution in [0, 0.1) is 0 Å². The number of amides is 3. The van der Waals surface area contributed by atoms with Crippen LogP contribution in [0.15, 0.2) is 66.3 Å². The van der Waals surface area contributed by atoms with E-state index in [1.807, 2.05) is 0 Å². The van der Waals surface area contributed by atoms with Crippen LogP contribution in [0.3, 0.4) is 0 Å². The van der Waals surface area contributed by atoms with Crippen LogP contribution < -0.4 is 10.6 Å². The zero-order chi connectivity index (χ0) is 26.9. The van der Waals surface area contributed by atoms with Crippen LogP contribution in [0.2, 0.25) is 5.02 Å². The summed E-state index contributed by atoms with van der Waals surface area (Å²) in [4.78, 5) is 39.6. The van der Waals surface area contributed by atoms with E-state index in [4.69, 9.17) is 16.3 Å². The molecule has 2 heterocycles. The van der Waals surface area contributed by atoms with Crippen LogP contribution in [-0.2, 0) is 22.6 Å². The number of carbonyl (C=O) groups is 3. The Balaban J connectivity index is 1.34. The lowest BCUT2D eigenvalue weighted by atomic mass is 10.1. The minimum Gasteiger partial charge on any atom is -0.378 e. The number of allylic oxidation sites excluding steroid dienone is 1. The molecule has 4 rings (SSSR count). The number of carbonyl (C=O) groups excluding carboxylic acids is 3. The van der Waals surface area contributed by atoms with Gasteiger partial charge in [0.15, 0.2) is 11.0 Å². The van der Waals surface area contributed by atoms with E-state index < -0.39 is 0 Å². The number of morpholine rings is 1. The number of nitrogens with zero attached hydrogens (tertiary/aromatic N) is 4. The first-order chi connectivity index (χ1) is 18.5. The first-order valence-corrected chi connectivity index (χ1v) is 13.3. The lowest BCUT2D eigenvalue weighted by molar-refractivity contribution is -0.113. The zero-order valence-electron chi connectivity index (χ0n) is 20.6. The molecule has 1 saturated heterocycles. The summed E-state index contributed by atoms with van der Waals surface area (Å²) in [7, 11) is 0. The fourth-order valence-electron chi connectivity index (χ4n) is 3.78. The number of thioether (sulfide) groups is 1. The van der Waals surface area contributed by atoms with Crippen molar-refractivity contribution in [1.29, 1.82) is 0 Å². The molecule has 3 amide bonds. The number of ether oxygens (including phenoxy) is 1. The largest absolute Gasteiger partial charge is 0.378 e. The molecule has 0 atom stereocenters. The van der Waals surface area contributed by atoms with Crippen molar-refractivity contribution in [2.75, 3.05) is 37.4 Å². The number of hydrogen-bond acceptors (Lipinski definition) is 7. The van der Waals surface area contributed by atoms with Crippen molar-refractivity contribution in [3.8, 4) is 0 Å². The number of benzene rings is 2. The average Bonchev–Trinajstić information content (AvgIpc) is 3.32. The van der Waals surface area contributed by atoms with Crippen LogP contribution in [-0.4, -0.2) is 69.4 Å². The lowest BCUT2D eigenvalue weighted by Crippen LogP contribution is -2.40. The van der Waals surface area contributed by atoms with Crippen LogP contribution in [0.1, 0.15) is 26.5 Å². The van der Waals surface area contributed by atoms with Crippen LogP contribution in [0.5, 0.6) is 0 Å². The maximum atomic E-state index is 12.7. The highest BCUT2D eigenvalue weighted by Crippen LogP contribution is 2.20. The molecule has 1 aliphatic heterocycles. The highest BCUT2D eigenvalue weighted by molar-refractivity contribution is 7.99. The maximum absolute atomic E-state index is 12.7. The summed E-state index contributed by atoms with van der Waals surface area (Å²) in [5.41, 5.74) is 1.41. The van der Waals surface area contributed by atoms with Crippen LogP contribution >= 0.6 is 23.4 Å². The van der Waals surface area contributed by atoms with Crippen molar-refractivity contribution in [3.05, 3.63) is 83.2 Å². The Labute approximate surface area is 229 Å². The predicted molar refractivity (Wildman–Crippen MR) is 145 cm³/mol. The topological polar surface area (TPSA) is 118 Å². The molecule has 10 nitrogen and oxygen atoms in total. The molecule has 0 bridgehead atoms. The van der Waals surface area contributed by atoms with Gasteiger partial charge in [0.25, 0.3) is 11.8 Å². The van der Waals surface area contributed by atoms with Gasteiger partial charge in [-0.25, -0.2) is 0 Å². The Hall–Kier alpha value is -3.67. The van der Waals surface area contributed by atoms with E-state index in [1.165, 1.54) is 11.8 Å². The van der Waals surface area contributed by atoms with Gasteiger partial charge in [0.2, 0.25) is 5.91 Å². The normalized spacial score (nSPS) is 13.1. The molecule has 2 N–H and O–H groups in total. The fourth-order valence-corrected chi connectivity index (χ4v) is 4.76. The molecule has 198 valence electrons. The third kappa shape index (κ3) is 7.00. The van der Waals surface area contributed by atoms with Gasteiger partial charge in [0, 0.05) is 30.9 Å². The zero-order valence-corrected chi connectivity index (χ0v) is 22.1. The van der Waals surface area contributed by atoms with E-state index in [1.54, 1.807) is 64.1 Å². The minimum atomic E-state index is -0.327. The van der Waals surface area contributed by atoms with Crippen molar-refractivity contribution >= 4 is 46.8 Å². The van der Waals surface area contributed by atoms with E-state index in [-0.39, 0.29) is 30.0 Å². The number of nitrogens with one attached hydrogen (secondary N) is 2. The van der Waals surface area contributed by atoms with E-state index >= 15 is 0 Å². The Morgan fingerprint density at radius 3 is 2.66 bits per heavy atom. The SMILES string of the molecule is C=CCn1c(CNC(=O)c2ccccc2Cl)nnc1SCC(=O)Nc1cccc(C(=O)N2CCOCC2)c1. The number of anilines is 1. The Morgan fingerprint density at radius 1 is 1.11 bits per heavy atom. The smallest absolute Gasteiger partial charge is 0.254 e. The standard InChI is InChI=1S/C26H27ClN6O4S/c1-2-10-33-22(16-28-24(35)20-8-3-4-9-21(20)27)30-31-26(33)38-17-23(34)29-19-7-5-6-18(15-19)25(36)32-11-13-37-14-12-32/h2-9,15H,1,10-14,16-17H2,(H,28,35)(H,29,34).